The van der Waals surface area contributed by atoms with E-state index in [1.165, 1.54) is 19.1 Å². The molecule has 12 heavy (non-hydrogen) atoms. The Kier molecular flexibility index (Phi) is 10.8. The molecule has 1 amide bonds. The van der Waals surface area contributed by atoms with Gasteiger partial charge in [0, 0.05) is 14.1 Å². The van der Waals surface area contributed by atoms with E-state index < -0.39 is 6.16 Å². The minimum absolute atomic E-state index is 0.750. The Morgan fingerprint density at radius 2 is 1.75 bits per heavy atom. The van der Waals surface area contributed by atoms with Gasteiger partial charge in [-0.3, -0.25) is 9.68 Å². The van der Waals surface area contributed by atoms with E-state index in [1.54, 1.807) is 14.1 Å². The lowest BCUT2D eigenvalue weighted by atomic mass is 11.0. The second-order valence-electron chi connectivity index (χ2n) is 1.77. The van der Waals surface area contributed by atoms with Crippen molar-refractivity contribution in [3.63, 3.8) is 0 Å². The van der Waals surface area contributed by atoms with Crippen molar-refractivity contribution >= 4 is 12.6 Å². The Bertz CT molecular complexity index is 125. The van der Waals surface area contributed by atoms with Crippen LogP contribution in [0, 0.1) is 0 Å². The van der Waals surface area contributed by atoms with Gasteiger partial charge in [0.25, 0.3) is 0 Å². The number of methoxy groups -OCH3 is 1. The SMILES string of the molecule is CN(C)C=O.COOC(=O)OC. The molecule has 0 saturated heterocycles. The van der Waals surface area contributed by atoms with Crippen molar-refractivity contribution in [2.45, 2.75) is 0 Å². The molecule has 0 rings (SSSR count). The number of amides is 1. The Labute approximate surface area is 70.9 Å². The average molecular weight is 179 g/mol. The normalized spacial score (nSPS) is 7.33. The molecule has 0 atom stereocenters. The summed E-state index contributed by atoms with van der Waals surface area (Å²) in [6, 6.07) is 0. The summed E-state index contributed by atoms with van der Waals surface area (Å²) in [5, 5.41) is 0. The van der Waals surface area contributed by atoms with Crippen LogP contribution in [0.15, 0.2) is 0 Å². The lowest BCUT2D eigenvalue weighted by Gasteiger charge is -1.93. The highest BCUT2D eigenvalue weighted by molar-refractivity contribution is 5.58. The summed E-state index contributed by atoms with van der Waals surface area (Å²) in [4.78, 5) is 28.5. The summed E-state index contributed by atoms with van der Waals surface area (Å²) < 4.78 is 4.00. The van der Waals surface area contributed by atoms with Crippen molar-refractivity contribution in [3.05, 3.63) is 0 Å². The van der Waals surface area contributed by atoms with Crippen LogP contribution < -0.4 is 0 Å². The van der Waals surface area contributed by atoms with E-state index >= 15 is 0 Å². The fourth-order valence-electron chi connectivity index (χ4n) is 0.102. The maximum absolute atomic E-state index is 9.84. The third-order valence-corrected chi connectivity index (χ3v) is 0.529. The maximum atomic E-state index is 9.84. The zero-order valence-electron chi connectivity index (χ0n) is 7.57. The van der Waals surface area contributed by atoms with Crippen LogP contribution >= 0.6 is 0 Å². The highest BCUT2D eigenvalue weighted by Crippen LogP contribution is 1.78. The van der Waals surface area contributed by atoms with Crippen molar-refractivity contribution in [2.24, 2.45) is 0 Å². The van der Waals surface area contributed by atoms with Gasteiger partial charge in [-0.05, 0) is 0 Å². The smallest absolute Gasteiger partial charge is 0.436 e. The number of ether oxygens (including phenoxy) is 1. The Morgan fingerprint density at radius 3 is 1.83 bits per heavy atom. The van der Waals surface area contributed by atoms with Crippen molar-refractivity contribution in [1.82, 2.24) is 4.90 Å². The molecule has 0 aliphatic heterocycles. The lowest BCUT2D eigenvalue weighted by molar-refractivity contribution is -0.229. The van der Waals surface area contributed by atoms with Gasteiger partial charge in [0.2, 0.25) is 6.41 Å². The second-order valence-corrected chi connectivity index (χ2v) is 1.77. The molecule has 0 bridgehead atoms. The fourth-order valence-corrected chi connectivity index (χ4v) is 0.102. The number of hydrogen-bond acceptors (Lipinski definition) is 5. The van der Waals surface area contributed by atoms with E-state index in [1.807, 2.05) is 0 Å². The Balaban J connectivity index is 0. The summed E-state index contributed by atoms with van der Waals surface area (Å²) in [5.41, 5.74) is 0. The number of carbonyl (C=O) groups excluding carboxylic acids is 2. The van der Waals surface area contributed by atoms with Crippen LogP contribution in [0.5, 0.6) is 0 Å². The average Bonchev–Trinajstić information content (AvgIpc) is 2.06. The van der Waals surface area contributed by atoms with E-state index in [-0.39, 0.29) is 0 Å². The molecule has 0 spiro atoms. The van der Waals surface area contributed by atoms with E-state index in [2.05, 4.69) is 14.5 Å². The molecule has 6 heteroatoms. The quantitative estimate of drug-likeness (QED) is 0.259. The van der Waals surface area contributed by atoms with E-state index in [0.29, 0.717) is 0 Å². The van der Waals surface area contributed by atoms with Gasteiger partial charge in [0.15, 0.2) is 0 Å². The highest BCUT2D eigenvalue weighted by atomic mass is 17.2. The summed E-state index contributed by atoms with van der Waals surface area (Å²) >= 11 is 0. The Hall–Kier alpha value is -1.30. The van der Waals surface area contributed by atoms with Gasteiger partial charge in [-0.25, -0.2) is 4.79 Å². The molecule has 72 valence electrons. The number of hydrogen-bond donors (Lipinski definition) is 0. The van der Waals surface area contributed by atoms with E-state index in [9.17, 15) is 9.59 Å². The highest BCUT2D eigenvalue weighted by Gasteiger charge is 1.95. The van der Waals surface area contributed by atoms with Crippen LogP contribution in [-0.2, 0) is 19.3 Å². The first-order valence-corrected chi connectivity index (χ1v) is 2.98. The van der Waals surface area contributed by atoms with Crippen molar-refractivity contribution < 1.29 is 24.1 Å². The molecule has 6 nitrogen and oxygen atoms in total. The first-order valence-electron chi connectivity index (χ1n) is 2.98. The third kappa shape index (κ3) is 15.9. The van der Waals surface area contributed by atoms with Gasteiger partial charge in [0.05, 0.1) is 14.2 Å². The van der Waals surface area contributed by atoms with Gasteiger partial charge in [-0.2, -0.15) is 4.89 Å². The molecule has 0 saturated carbocycles. The van der Waals surface area contributed by atoms with Crippen LogP contribution in [0.4, 0.5) is 4.79 Å². The molecule has 0 aliphatic rings. The van der Waals surface area contributed by atoms with Crippen LogP contribution in [0.3, 0.4) is 0 Å². The topological polar surface area (TPSA) is 65.1 Å². The molecule has 0 unspecified atom stereocenters. The van der Waals surface area contributed by atoms with Gasteiger partial charge >= 0.3 is 6.16 Å². The van der Waals surface area contributed by atoms with Crippen LogP contribution in [0.1, 0.15) is 0 Å². The maximum Gasteiger partial charge on any atom is 0.540 e. The van der Waals surface area contributed by atoms with Gasteiger partial charge in [-0.1, -0.05) is 0 Å². The summed E-state index contributed by atoms with van der Waals surface area (Å²) in [6.07, 6.45) is -0.0949. The third-order valence-electron chi connectivity index (χ3n) is 0.529. The minimum atomic E-state index is -0.845. The molecule has 0 aliphatic carbocycles. The van der Waals surface area contributed by atoms with Crippen LogP contribution in [0.2, 0.25) is 0 Å². The van der Waals surface area contributed by atoms with Gasteiger partial charge < -0.3 is 9.64 Å². The molecular formula is C6H13NO5. The summed E-state index contributed by atoms with van der Waals surface area (Å²) in [7, 11) is 5.79. The zero-order chi connectivity index (χ0) is 9.98. The van der Waals surface area contributed by atoms with Crippen molar-refractivity contribution in [2.75, 3.05) is 28.3 Å². The molecule has 0 radical (unpaired) electrons. The lowest BCUT2D eigenvalue weighted by Crippen LogP contribution is -2.06. The van der Waals surface area contributed by atoms with E-state index in [0.717, 1.165) is 6.41 Å². The van der Waals surface area contributed by atoms with Crippen molar-refractivity contribution in [1.29, 1.82) is 0 Å². The van der Waals surface area contributed by atoms with Crippen molar-refractivity contribution in [3.8, 4) is 0 Å². The zero-order valence-corrected chi connectivity index (χ0v) is 7.57. The number of rotatable bonds is 2. The van der Waals surface area contributed by atoms with Crippen LogP contribution in [0.25, 0.3) is 0 Å². The standard InChI is InChI=1S/C3H7NO.C3H6O4/c1-4(2)3-5;1-5-3(4)7-6-2/h3H,1-2H3;1-2H3. The molecule has 0 heterocycles. The van der Waals surface area contributed by atoms with Gasteiger partial charge in [-0.15, -0.1) is 0 Å². The number of nitrogens with zero attached hydrogens (tertiary/aromatic N) is 1. The first kappa shape index (κ1) is 13.3. The predicted molar refractivity (Wildman–Crippen MR) is 40.3 cm³/mol. The summed E-state index contributed by atoms with van der Waals surface area (Å²) in [6.45, 7) is 0. The molecule has 0 aromatic carbocycles. The van der Waals surface area contributed by atoms with E-state index in [4.69, 9.17) is 0 Å². The monoisotopic (exact) mass is 179 g/mol. The van der Waals surface area contributed by atoms with Crippen LogP contribution in [-0.4, -0.2) is 45.8 Å². The largest absolute Gasteiger partial charge is 0.540 e. The number of carbonyl (C=O) groups is 2. The molecule has 0 N–H and O–H groups in total. The first-order chi connectivity index (χ1) is 5.58. The van der Waals surface area contributed by atoms with Gasteiger partial charge in [0.1, 0.15) is 0 Å². The fraction of sp³-hybridized carbons (Fsp3) is 0.667. The minimum Gasteiger partial charge on any atom is -0.436 e. The summed E-state index contributed by atoms with van der Waals surface area (Å²) in [5.74, 6) is 0. The molecule has 0 fully saturated rings. The molecule has 0 aromatic rings. The molecular weight excluding hydrogens is 166 g/mol. The predicted octanol–water partition coefficient (Wildman–Crippen LogP) is 0.0352. The molecule has 0 aromatic heterocycles. The second kappa shape index (κ2) is 9.70. The Morgan fingerprint density at radius 1 is 1.33 bits per heavy atom.